The highest BCUT2D eigenvalue weighted by Gasteiger charge is 2.28. The topological polar surface area (TPSA) is 47.1 Å². The van der Waals surface area contributed by atoms with E-state index in [9.17, 15) is 0 Å². The van der Waals surface area contributed by atoms with Gasteiger partial charge in [0, 0.05) is 19.6 Å². The SMILES string of the molecule is CCc1nn(C)c(CN(C)C2CCCCC2CN)c1Cl. The molecular weight excluding hydrogens is 272 g/mol. The summed E-state index contributed by atoms with van der Waals surface area (Å²) < 4.78 is 1.93. The predicted molar refractivity (Wildman–Crippen MR) is 83.9 cm³/mol. The maximum Gasteiger partial charge on any atom is 0.0863 e. The zero-order valence-electron chi connectivity index (χ0n) is 12.9. The lowest BCUT2D eigenvalue weighted by Crippen LogP contribution is -2.43. The fraction of sp³-hybridized carbons (Fsp3) is 0.800. The standard InChI is InChI=1S/C15H27ClN4/c1-4-12-15(16)14(20(3)18-12)10-19(2)13-8-6-5-7-11(13)9-17/h11,13H,4-10,17H2,1-3H3. The van der Waals surface area contributed by atoms with E-state index in [4.69, 9.17) is 17.3 Å². The summed E-state index contributed by atoms with van der Waals surface area (Å²) in [6.45, 7) is 3.73. The van der Waals surface area contributed by atoms with Crippen molar-refractivity contribution in [3.05, 3.63) is 16.4 Å². The van der Waals surface area contributed by atoms with Crippen molar-refractivity contribution in [2.45, 2.75) is 51.6 Å². The summed E-state index contributed by atoms with van der Waals surface area (Å²) in [5, 5.41) is 5.33. The average molecular weight is 299 g/mol. The third-order valence-electron chi connectivity index (χ3n) is 4.64. The van der Waals surface area contributed by atoms with E-state index in [1.807, 2.05) is 11.7 Å². The summed E-state index contributed by atoms with van der Waals surface area (Å²) in [5.41, 5.74) is 8.05. The van der Waals surface area contributed by atoms with Crippen LogP contribution in [0.25, 0.3) is 0 Å². The highest BCUT2D eigenvalue weighted by Crippen LogP contribution is 2.29. The molecule has 0 bridgehead atoms. The Morgan fingerprint density at radius 1 is 1.40 bits per heavy atom. The number of aryl methyl sites for hydroxylation is 2. The second-order valence-electron chi connectivity index (χ2n) is 5.95. The molecule has 0 radical (unpaired) electrons. The van der Waals surface area contributed by atoms with Gasteiger partial charge in [0.15, 0.2) is 0 Å². The Morgan fingerprint density at radius 2 is 2.10 bits per heavy atom. The molecule has 1 aliphatic rings. The second kappa shape index (κ2) is 6.92. The fourth-order valence-electron chi connectivity index (χ4n) is 3.39. The Hall–Kier alpha value is -0.580. The quantitative estimate of drug-likeness (QED) is 0.909. The van der Waals surface area contributed by atoms with Crippen LogP contribution in [0.2, 0.25) is 5.02 Å². The molecule has 20 heavy (non-hydrogen) atoms. The van der Waals surface area contributed by atoms with E-state index in [0.29, 0.717) is 12.0 Å². The third-order valence-corrected chi connectivity index (χ3v) is 5.08. The van der Waals surface area contributed by atoms with Crippen LogP contribution in [0.3, 0.4) is 0 Å². The molecule has 5 heteroatoms. The highest BCUT2D eigenvalue weighted by molar-refractivity contribution is 6.31. The molecule has 0 amide bonds. The van der Waals surface area contributed by atoms with Gasteiger partial charge in [-0.05, 0) is 38.8 Å². The predicted octanol–water partition coefficient (Wildman–Crippen LogP) is 2.59. The van der Waals surface area contributed by atoms with Crippen molar-refractivity contribution in [1.82, 2.24) is 14.7 Å². The molecule has 0 saturated heterocycles. The van der Waals surface area contributed by atoms with Gasteiger partial charge in [-0.3, -0.25) is 9.58 Å². The molecular formula is C15H27ClN4. The third kappa shape index (κ3) is 3.18. The number of nitrogens with zero attached hydrogens (tertiary/aromatic N) is 3. The summed E-state index contributed by atoms with van der Waals surface area (Å²) in [5.74, 6) is 0.617. The molecule has 2 unspecified atom stereocenters. The maximum absolute atomic E-state index is 6.45. The highest BCUT2D eigenvalue weighted by atomic mass is 35.5. The lowest BCUT2D eigenvalue weighted by atomic mass is 9.83. The van der Waals surface area contributed by atoms with Gasteiger partial charge >= 0.3 is 0 Å². The molecule has 0 spiro atoms. The van der Waals surface area contributed by atoms with Crippen molar-refractivity contribution >= 4 is 11.6 Å². The first-order chi connectivity index (χ1) is 9.58. The van der Waals surface area contributed by atoms with E-state index in [1.165, 1.54) is 25.7 Å². The second-order valence-corrected chi connectivity index (χ2v) is 6.33. The zero-order valence-corrected chi connectivity index (χ0v) is 13.7. The van der Waals surface area contributed by atoms with E-state index in [1.54, 1.807) is 0 Å². The van der Waals surface area contributed by atoms with Crippen molar-refractivity contribution in [3.8, 4) is 0 Å². The Bertz CT molecular complexity index is 443. The van der Waals surface area contributed by atoms with Crippen LogP contribution >= 0.6 is 11.6 Å². The Morgan fingerprint density at radius 3 is 2.70 bits per heavy atom. The monoisotopic (exact) mass is 298 g/mol. The molecule has 0 aromatic carbocycles. The summed E-state index contributed by atoms with van der Waals surface area (Å²) >= 11 is 6.45. The van der Waals surface area contributed by atoms with Gasteiger partial charge in [-0.2, -0.15) is 5.10 Å². The number of hydrogen-bond donors (Lipinski definition) is 1. The summed E-state index contributed by atoms with van der Waals surface area (Å²) in [6.07, 6.45) is 6.01. The van der Waals surface area contributed by atoms with Crippen LogP contribution in [0.5, 0.6) is 0 Å². The van der Waals surface area contributed by atoms with Crippen molar-refractivity contribution in [3.63, 3.8) is 0 Å². The van der Waals surface area contributed by atoms with Crippen molar-refractivity contribution < 1.29 is 0 Å². The van der Waals surface area contributed by atoms with Gasteiger partial charge in [-0.1, -0.05) is 31.4 Å². The summed E-state index contributed by atoms with van der Waals surface area (Å²) in [7, 11) is 4.17. The van der Waals surface area contributed by atoms with Gasteiger partial charge in [0.2, 0.25) is 0 Å². The number of rotatable bonds is 5. The molecule has 1 aliphatic carbocycles. The number of hydrogen-bond acceptors (Lipinski definition) is 3. The Labute approximate surface area is 127 Å². The van der Waals surface area contributed by atoms with Crippen molar-refractivity contribution in [2.75, 3.05) is 13.6 Å². The van der Waals surface area contributed by atoms with Gasteiger partial charge in [0.25, 0.3) is 0 Å². The first kappa shape index (κ1) is 15.8. The minimum Gasteiger partial charge on any atom is -0.330 e. The van der Waals surface area contributed by atoms with Crippen LogP contribution in [0, 0.1) is 5.92 Å². The molecule has 2 N–H and O–H groups in total. The van der Waals surface area contributed by atoms with Crippen molar-refractivity contribution in [1.29, 1.82) is 0 Å². The van der Waals surface area contributed by atoms with Crippen molar-refractivity contribution in [2.24, 2.45) is 18.7 Å². The van der Waals surface area contributed by atoms with E-state index in [0.717, 1.165) is 35.9 Å². The van der Waals surface area contributed by atoms with E-state index in [2.05, 4.69) is 24.0 Å². The molecule has 114 valence electrons. The van der Waals surface area contributed by atoms with E-state index in [-0.39, 0.29) is 0 Å². The van der Waals surface area contributed by atoms with Gasteiger partial charge < -0.3 is 5.73 Å². The smallest absolute Gasteiger partial charge is 0.0863 e. The zero-order chi connectivity index (χ0) is 14.7. The first-order valence-electron chi connectivity index (χ1n) is 7.69. The van der Waals surface area contributed by atoms with Crippen LogP contribution in [0.15, 0.2) is 0 Å². The summed E-state index contributed by atoms with van der Waals surface area (Å²) in [6, 6.07) is 0.574. The summed E-state index contributed by atoms with van der Waals surface area (Å²) in [4.78, 5) is 2.42. The number of nitrogens with two attached hydrogens (primary N) is 1. The van der Waals surface area contributed by atoms with Gasteiger partial charge in [-0.25, -0.2) is 0 Å². The van der Waals surface area contributed by atoms with Gasteiger partial charge in [0.1, 0.15) is 0 Å². The molecule has 2 rings (SSSR count). The molecule has 1 aromatic heterocycles. The van der Waals surface area contributed by atoms with Gasteiger partial charge in [-0.15, -0.1) is 0 Å². The average Bonchev–Trinajstić information content (AvgIpc) is 2.74. The maximum atomic E-state index is 6.45. The van der Waals surface area contributed by atoms with Gasteiger partial charge in [0.05, 0.1) is 16.4 Å². The largest absolute Gasteiger partial charge is 0.330 e. The molecule has 1 heterocycles. The molecule has 1 aromatic rings. The van der Waals surface area contributed by atoms with E-state index < -0.39 is 0 Å². The normalized spacial score (nSPS) is 23.5. The Balaban J connectivity index is 2.10. The molecule has 1 fully saturated rings. The molecule has 1 saturated carbocycles. The minimum atomic E-state index is 0.574. The van der Waals surface area contributed by atoms with Crippen LogP contribution < -0.4 is 5.73 Å². The number of halogens is 1. The molecule has 0 aliphatic heterocycles. The lowest BCUT2D eigenvalue weighted by molar-refractivity contribution is 0.125. The van der Waals surface area contributed by atoms with Crippen LogP contribution in [0.4, 0.5) is 0 Å². The van der Waals surface area contributed by atoms with Crippen LogP contribution in [-0.4, -0.2) is 34.3 Å². The van der Waals surface area contributed by atoms with Crippen LogP contribution in [0.1, 0.15) is 44.0 Å². The fourth-order valence-corrected chi connectivity index (χ4v) is 3.74. The lowest BCUT2D eigenvalue weighted by Gasteiger charge is -2.37. The van der Waals surface area contributed by atoms with E-state index >= 15 is 0 Å². The molecule has 2 atom stereocenters. The first-order valence-corrected chi connectivity index (χ1v) is 8.06. The molecule has 4 nitrogen and oxygen atoms in total. The van der Waals surface area contributed by atoms with Crippen LogP contribution in [-0.2, 0) is 20.0 Å². The number of aromatic nitrogens is 2. The minimum absolute atomic E-state index is 0.574. The Kier molecular flexibility index (Phi) is 5.47.